The maximum absolute atomic E-state index is 5.33. The molecule has 1 heteroatoms. The van der Waals surface area contributed by atoms with E-state index in [9.17, 15) is 0 Å². The van der Waals surface area contributed by atoms with Crippen LogP contribution < -0.4 is 0 Å². The summed E-state index contributed by atoms with van der Waals surface area (Å²) in [6.45, 7) is 22.5. The minimum Gasteiger partial charge on any atom is -0.290 e. The first-order valence-electron chi connectivity index (χ1n) is 4.73. The smallest absolute Gasteiger partial charge is 0.290 e. The Morgan fingerprint density at radius 2 is 0.867 bits per heavy atom. The van der Waals surface area contributed by atoms with Gasteiger partial charge in [-0.3, -0.25) is 13.2 Å². The molecule has 0 saturated carbocycles. The average Bonchev–Trinajstić information content (AvgIpc) is 1.79. The second-order valence-electron chi connectivity index (χ2n) is 3.93. The monoisotopic (exact) mass is 249 g/mol. The van der Waals surface area contributed by atoms with Gasteiger partial charge in [0.1, 0.15) is 0 Å². The van der Waals surface area contributed by atoms with Crippen LogP contribution in [0.1, 0.15) is 41.5 Å². The zero-order valence-corrected chi connectivity index (χ0v) is 11.7. The summed E-state index contributed by atoms with van der Waals surface area (Å²) >= 11 is 0. The van der Waals surface area contributed by atoms with E-state index >= 15 is 0 Å². The molecule has 0 spiro atoms. The number of hydrogen-bond acceptors (Lipinski definition) is 0. The quantitative estimate of drug-likeness (QED) is 0.493. The third-order valence-electron chi connectivity index (χ3n) is 1.03. The fraction of sp³-hybridized carbons (Fsp3) is 0.429. The molecule has 0 aliphatic rings. The third kappa shape index (κ3) is 31.8. The molecule has 0 fully saturated rings. The molecule has 0 unspecified atom stereocenters. The molecule has 0 aliphatic carbocycles. The van der Waals surface area contributed by atoms with Gasteiger partial charge in [0.05, 0.1) is 0 Å². The molecule has 0 atom stereocenters. The minimum absolute atomic E-state index is 0. The van der Waals surface area contributed by atoms with Gasteiger partial charge >= 0.3 is 16.8 Å². The van der Waals surface area contributed by atoms with Crippen LogP contribution in [-0.2, 0) is 16.8 Å². The van der Waals surface area contributed by atoms with Gasteiger partial charge in [-0.25, -0.2) is 23.3 Å². The van der Waals surface area contributed by atoms with Gasteiger partial charge in [0.25, 0.3) is 0 Å². The summed E-state index contributed by atoms with van der Waals surface area (Å²) in [5.41, 5.74) is 4.25. The zero-order chi connectivity index (χ0) is 11.7. The molecule has 0 N–H and O–H groups in total. The first-order valence-corrected chi connectivity index (χ1v) is 4.73. The van der Waals surface area contributed by atoms with Crippen LogP contribution in [0.3, 0.4) is 0 Å². The van der Waals surface area contributed by atoms with Crippen LogP contribution in [0.2, 0.25) is 0 Å². The number of hydrogen-bond donors (Lipinski definition) is 0. The molecule has 0 saturated heterocycles. The predicted molar refractivity (Wildman–Crippen MR) is 65.8 cm³/mol. The first-order chi connectivity index (χ1) is 6.25. The summed E-state index contributed by atoms with van der Waals surface area (Å²) < 4.78 is 0. The molecule has 0 aromatic rings. The molecule has 0 nitrogen and oxygen atoms in total. The molecule has 0 heterocycles. The summed E-state index contributed by atoms with van der Waals surface area (Å²) in [6, 6.07) is 0. The van der Waals surface area contributed by atoms with Crippen molar-refractivity contribution in [3.8, 4) is 0 Å². The summed E-state index contributed by atoms with van der Waals surface area (Å²) in [5, 5.41) is 0. The van der Waals surface area contributed by atoms with E-state index in [1.807, 2.05) is 53.7 Å². The van der Waals surface area contributed by atoms with E-state index in [2.05, 4.69) is 0 Å². The van der Waals surface area contributed by atoms with Gasteiger partial charge in [0.2, 0.25) is 0 Å². The molecule has 0 aromatic carbocycles. The molecule has 0 bridgehead atoms. The molecule has 1 radical (unpaired) electrons. The van der Waals surface area contributed by atoms with Gasteiger partial charge in [-0.1, -0.05) is 41.5 Å². The number of rotatable bonds is 2. The Labute approximate surface area is 106 Å². The second-order valence-corrected chi connectivity index (χ2v) is 3.93. The van der Waals surface area contributed by atoms with E-state index in [0.29, 0.717) is 0 Å². The van der Waals surface area contributed by atoms with E-state index in [-0.39, 0.29) is 16.8 Å². The van der Waals surface area contributed by atoms with Crippen molar-refractivity contribution in [1.29, 1.82) is 0 Å². The normalized spacial score (nSPS) is 7.33. The van der Waals surface area contributed by atoms with E-state index in [1.165, 1.54) is 11.1 Å². The van der Waals surface area contributed by atoms with E-state index in [4.69, 9.17) is 13.2 Å². The molecule has 0 aromatic heterocycles. The van der Waals surface area contributed by atoms with Crippen molar-refractivity contribution in [1.82, 2.24) is 0 Å². The summed E-state index contributed by atoms with van der Waals surface area (Å²) in [6.07, 6.45) is 3.89. The standard InChI is InChI=1S/2C7H11.Co/c2*1-6(2)5-7(3)4;/h2*1,5H,2-4H3;/q2*-1;+2. The first kappa shape index (κ1) is 20.0. The van der Waals surface area contributed by atoms with Crippen molar-refractivity contribution < 1.29 is 16.8 Å². The molecule has 87 valence electrons. The molecule has 0 rings (SSSR count). The maximum atomic E-state index is 5.33. The largest absolute Gasteiger partial charge is 2.00 e. The zero-order valence-electron chi connectivity index (χ0n) is 10.6. The second kappa shape index (κ2) is 11.5. The van der Waals surface area contributed by atoms with Gasteiger partial charge < -0.3 is 0 Å². The minimum atomic E-state index is 0. The fourth-order valence-corrected chi connectivity index (χ4v) is 0.911. The van der Waals surface area contributed by atoms with Crippen molar-refractivity contribution >= 4 is 0 Å². The molecule has 15 heavy (non-hydrogen) atoms. The van der Waals surface area contributed by atoms with Crippen molar-refractivity contribution in [2.75, 3.05) is 0 Å². The van der Waals surface area contributed by atoms with Gasteiger partial charge in [0.15, 0.2) is 0 Å². The van der Waals surface area contributed by atoms with Crippen molar-refractivity contribution in [3.05, 3.63) is 47.6 Å². The van der Waals surface area contributed by atoms with Crippen LogP contribution in [0.15, 0.2) is 34.4 Å². The van der Waals surface area contributed by atoms with E-state index < -0.39 is 0 Å². The van der Waals surface area contributed by atoms with Gasteiger partial charge in [-0.2, -0.15) is 11.1 Å². The van der Waals surface area contributed by atoms with Crippen LogP contribution in [0.25, 0.3) is 0 Å². The molecule has 0 aliphatic heterocycles. The molecular formula is C14H22Co. The Hall–Kier alpha value is -0.534. The average molecular weight is 249 g/mol. The van der Waals surface area contributed by atoms with Gasteiger partial charge in [-0.15, -0.1) is 0 Å². The summed E-state index contributed by atoms with van der Waals surface area (Å²) in [4.78, 5) is 0. The summed E-state index contributed by atoms with van der Waals surface area (Å²) in [7, 11) is 0. The Kier molecular flexibility index (Phi) is 15.4. The molecular weight excluding hydrogens is 227 g/mol. The summed E-state index contributed by atoms with van der Waals surface area (Å²) in [5.74, 6) is 0. The van der Waals surface area contributed by atoms with Crippen molar-refractivity contribution in [3.63, 3.8) is 0 Å². The predicted octanol–water partition coefficient (Wildman–Crippen LogP) is 4.66. The van der Waals surface area contributed by atoms with E-state index in [1.54, 1.807) is 0 Å². The Morgan fingerprint density at radius 3 is 0.867 bits per heavy atom. The van der Waals surface area contributed by atoms with Crippen molar-refractivity contribution in [2.45, 2.75) is 41.5 Å². The van der Waals surface area contributed by atoms with Crippen LogP contribution >= 0.6 is 0 Å². The number of allylic oxidation sites excluding steroid dienone is 6. The van der Waals surface area contributed by atoms with E-state index in [0.717, 1.165) is 11.1 Å². The maximum Gasteiger partial charge on any atom is 2.00 e. The Balaban J connectivity index is -0.000000180. The topological polar surface area (TPSA) is 0 Å². The SMILES string of the molecule is [CH-]=C(C)C=C(C)C.[CH-]=C(C)C=C(C)C.[Co+2]. The van der Waals surface area contributed by atoms with Gasteiger partial charge in [-0.05, 0) is 0 Å². The fourth-order valence-electron chi connectivity index (χ4n) is 0.911. The third-order valence-corrected chi connectivity index (χ3v) is 1.03. The van der Waals surface area contributed by atoms with Crippen LogP contribution in [0.5, 0.6) is 0 Å². The molecule has 0 amide bonds. The van der Waals surface area contributed by atoms with Gasteiger partial charge in [0, 0.05) is 0 Å². The van der Waals surface area contributed by atoms with Crippen molar-refractivity contribution in [2.24, 2.45) is 0 Å². The van der Waals surface area contributed by atoms with Crippen LogP contribution in [0, 0.1) is 13.2 Å². The Bertz CT molecular complexity index is 219. The van der Waals surface area contributed by atoms with Crippen LogP contribution in [-0.4, -0.2) is 0 Å². The Morgan fingerprint density at radius 1 is 0.667 bits per heavy atom. The van der Waals surface area contributed by atoms with Crippen LogP contribution in [0.4, 0.5) is 0 Å².